The van der Waals surface area contributed by atoms with Gasteiger partial charge in [-0.1, -0.05) is 29.8 Å². The molecule has 0 bridgehead atoms. The van der Waals surface area contributed by atoms with Crippen molar-refractivity contribution in [2.75, 3.05) is 13.4 Å². The molecular formula is C18H18ClNO4S. The van der Waals surface area contributed by atoms with Crippen molar-refractivity contribution in [3.8, 4) is 5.75 Å². The molecule has 0 amide bonds. The number of hydrogen-bond acceptors (Lipinski definition) is 4. The van der Waals surface area contributed by atoms with Crippen molar-refractivity contribution >= 4 is 32.5 Å². The van der Waals surface area contributed by atoms with Gasteiger partial charge < -0.3 is 4.74 Å². The van der Waals surface area contributed by atoms with Crippen molar-refractivity contribution in [3.63, 3.8) is 0 Å². The van der Waals surface area contributed by atoms with Crippen LogP contribution in [0.3, 0.4) is 0 Å². The van der Waals surface area contributed by atoms with Gasteiger partial charge in [0, 0.05) is 22.8 Å². The van der Waals surface area contributed by atoms with Crippen molar-refractivity contribution in [1.29, 1.82) is 0 Å². The van der Waals surface area contributed by atoms with E-state index in [0.29, 0.717) is 6.26 Å². The van der Waals surface area contributed by atoms with Gasteiger partial charge in [-0.3, -0.25) is 9.54 Å². The summed E-state index contributed by atoms with van der Waals surface area (Å²) in [5.74, 6) is 0.850. The van der Waals surface area contributed by atoms with E-state index in [-0.39, 0.29) is 0 Å². The molecule has 0 aliphatic rings. The Hall–Kier alpha value is -2.15. The van der Waals surface area contributed by atoms with Gasteiger partial charge >= 0.3 is 0 Å². The summed E-state index contributed by atoms with van der Waals surface area (Å²) >= 11 is 5.92. The van der Waals surface area contributed by atoms with Crippen LogP contribution in [0.15, 0.2) is 54.9 Å². The quantitative estimate of drug-likeness (QED) is 0.696. The fraction of sp³-hybridized carbons (Fsp3) is 0.167. The number of nitrogens with zero attached hydrogens (tertiary/aromatic N) is 1. The average molecular weight is 380 g/mol. The highest BCUT2D eigenvalue weighted by molar-refractivity contribution is 7.85. The molecule has 132 valence electrons. The third-order valence-electron chi connectivity index (χ3n) is 3.36. The lowest BCUT2D eigenvalue weighted by Gasteiger charge is -2.08. The van der Waals surface area contributed by atoms with E-state index in [1.54, 1.807) is 7.11 Å². The van der Waals surface area contributed by atoms with E-state index in [2.05, 4.69) is 11.1 Å². The standard InChI is InChI=1S/C17H14ClNO.CH4O3S/c1-20-16-6-7-17-13(10-19-11-14(17)9-16)8-12-2-4-15(18)5-3-12;1-5(2,3)4/h2-7,9-11H,8H2,1H3;1H3,(H,2,3,4). The molecule has 0 spiro atoms. The molecule has 3 rings (SSSR count). The lowest BCUT2D eigenvalue weighted by molar-refractivity contribution is 0.415. The van der Waals surface area contributed by atoms with Gasteiger partial charge in [-0.2, -0.15) is 8.42 Å². The molecule has 0 fully saturated rings. The van der Waals surface area contributed by atoms with E-state index in [4.69, 9.17) is 20.9 Å². The van der Waals surface area contributed by atoms with E-state index in [9.17, 15) is 8.42 Å². The van der Waals surface area contributed by atoms with Crippen molar-refractivity contribution in [1.82, 2.24) is 4.98 Å². The first-order chi connectivity index (χ1) is 11.8. The molecule has 0 radical (unpaired) electrons. The van der Waals surface area contributed by atoms with E-state index in [1.807, 2.05) is 48.8 Å². The highest BCUT2D eigenvalue weighted by Crippen LogP contribution is 2.24. The number of fused-ring (bicyclic) bond motifs is 1. The van der Waals surface area contributed by atoms with Crippen molar-refractivity contribution in [2.45, 2.75) is 6.42 Å². The third kappa shape index (κ3) is 6.34. The minimum atomic E-state index is -3.67. The van der Waals surface area contributed by atoms with Crippen LogP contribution in [0.4, 0.5) is 0 Å². The maximum Gasteiger partial charge on any atom is 0.261 e. The Morgan fingerprint density at radius 1 is 1.12 bits per heavy atom. The van der Waals surface area contributed by atoms with Crippen LogP contribution in [-0.2, 0) is 16.5 Å². The van der Waals surface area contributed by atoms with Gasteiger partial charge in [-0.05, 0) is 47.2 Å². The van der Waals surface area contributed by atoms with E-state index in [0.717, 1.165) is 22.6 Å². The zero-order valence-electron chi connectivity index (χ0n) is 13.8. The van der Waals surface area contributed by atoms with Gasteiger partial charge in [0.15, 0.2) is 0 Å². The topological polar surface area (TPSA) is 76.5 Å². The van der Waals surface area contributed by atoms with Gasteiger partial charge in [0.1, 0.15) is 5.75 Å². The highest BCUT2D eigenvalue weighted by Gasteiger charge is 2.04. The van der Waals surface area contributed by atoms with Crippen LogP contribution in [0.1, 0.15) is 11.1 Å². The third-order valence-corrected chi connectivity index (χ3v) is 3.61. The van der Waals surface area contributed by atoms with Crippen molar-refractivity contribution < 1.29 is 17.7 Å². The van der Waals surface area contributed by atoms with Crippen molar-refractivity contribution in [2.24, 2.45) is 0 Å². The Bertz CT molecular complexity index is 948. The van der Waals surface area contributed by atoms with Crippen LogP contribution in [-0.4, -0.2) is 31.3 Å². The number of halogens is 1. The summed E-state index contributed by atoms with van der Waals surface area (Å²) in [4.78, 5) is 4.32. The fourth-order valence-electron chi connectivity index (χ4n) is 2.31. The maximum atomic E-state index is 9.19. The Morgan fingerprint density at radius 3 is 2.36 bits per heavy atom. The van der Waals surface area contributed by atoms with Gasteiger partial charge in [-0.15, -0.1) is 0 Å². The van der Waals surface area contributed by atoms with E-state index < -0.39 is 10.1 Å². The first-order valence-corrected chi connectivity index (χ1v) is 9.56. The number of aromatic nitrogens is 1. The second-order valence-corrected chi connectivity index (χ2v) is 7.32. The Labute approximate surface area is 152 Å². The molecule has 1 N–H and O–H groups in total. The minimum absolute atomic E-state index is 0.715. The number of rotatable bonds is 3. The second kappa shape index (κ2) is 8.29. The average Bonchev–Trinajstić information content (AvgIpc) is 2.55. The molecule has 2 aromatic carbocycles. The summed E-state index contributed by atoms with van der Waals surface area (Å²) in [5, 5.41) is 3.06. The monoisotopic (exact) mass is 379 g/mol. The Kier molecular flexibility index (Phi) is 6.36. The van der Waals surface area contributed by atoms with Crippen LogP contribution in [0.2, 0.25) is 5.02 Å². The molecule has 1 heterocycles. The zero-order chi connectivity index (χ0) is 18.4. The van der Waals surface area contributed by atoms with Gasteiger partial charge in [0.05, 0.1) is 13.4 Å². The fourth-order valence-corrected chi connectivity index (χ4v) is 2.43. The second-order valence-electron chi connectivity index (χ2n) is 5.42. The summed E-state index contributed by atoms with van der Waals surface area (Å²) in [6, 6.07) is 14.0. The first-order valence-electron chi connectivity index (χ1n) is 7.34. The van der Waals surface area contributed by atoms with Gasteiger partial charge in [0.2, 0.25) is 0 Å². The number of hydrogen-bond donors (Lipinski definition) is 1. The van der Waals surface area contributed by atoms with Gasteiger partial charge in [0.25, 0.3) is 10.1 Å². The SMILES string of the molecule is COc1ccc2c(Cc3ccc(Cl)cc3)cncc2c1.CS(=O)(=O)O. The first kappa shape index (κ1) is 19.2. The molecule has 3 aromatic rings. The predicted octanol–water partition coefficient (Wildman–Crippen LogP) is 3.99. The molecule has 0 saturated carbocycles. The Balaban J connectivity index is 0.000000399. The molecule has 0 saturated heterocycles. The van der Waals surface area contributed by atoms with Crippen LogP contribution in [0, 0.1) is 0 Å². The van der Waals surface area contributed by atoms with Gasteiger partial charge in [-0.25, -0.2) is 0 Å². The molecular weight excluding hydrogens is 362 g/mol. The number of pyridine rings is 1. The van der Waals surface area contributed by atoms with Crippen LogP contribution >= 0.6 is 11.6 Å². The molecule has 0 aliphatic carbocycles. The summed E-state index contributed by atoms with van der Waals surface area (Å²) in [6.07, 6.45) is 5.34. The molecule has 0 unspecified atom stereocenters. The number of ether oxygens (including phenoxy) is 1. The van der Waals surface area contributed by atoms with E-state index in [1.165, 1.54) is 16.5 Å². The van der Waals surface area contributed by atoms with Crippen LogP contribution in [0.25, 0.3) is 10.8 Å². The van der Waals surface area contributed by atoms with E-state index >= 15 is 0 Å². The maximum absolute atomic E-state index is 9.19. The van der Waals surface area contributed by atoms with Crippen molar-refractivity contribution in [3.05, 3.63) is 71.0 Å². The summed E-state index contributed by atoms with van der Waals surface area (Å²) in [5.41, 5.74) is 2.42. The Morgan fingerprint density at radius 2 is 1.76 bits per heavy atom. The number of benzene rings is 2. The predicted molar refractivity (Wildman–Crippen MR) is 100 cm³/mol. The normalized spacial score (nSPS) is 10.9. The van der Waals surface area contributed by atoms with Crippen LogP contribution in [0.5, 0.6) is 5.75 Å². The highest BCUT2D eigenvalue weighted by atomic mass is 35.5. The smallest absolute Gasteiger partial charge is 0.261 e. The summed E-state index contributed by atoms with van der Waals surface area (Å²) < 4.78 is 31.1. The molecule has 5 nitrogen and oxygen atoms in total. The molecule has 0 aliphatic heterocycles. The number of methoxy groups -OCH3 is 1. The molecule has 0 atom stereocenters. The lowest BCUT2D eigenvalue weighted by Crippen LogP contribution is -1.92. The summed E-state index contributed by atoms with van der Waals surface area (Å²) in [7, 11) is -1.99. The largest absolute Gasteiger partial charge is 0.497 e. The minimum Gasteiger partial charge on any atom is -0.497 e. The molecule has 1 aromatic heterocycles. The molecule has 25 heavy (non-hydrogen) atoms. The van der Waals surface area contributed by atoms with Crippen LogP contribution < -0.4 is 4.74 Å². The zero-order valence-corrected chi connectivity index (χ0v) is 15.4. The molecule has 7 heteroatoms. The summed E-state index contributed by atoms with van der Waals surface area (Å²) in [6.45, 7) is 0. The lowest BCUT2D eigenvalue weighted by atomic mass is 10.0.